The van der Waals surface area contributed by atoms with Gasteiger partial charge in [0.2, 0.25) is 0 Å². The summed E-state index contributed by atoms with van der Waals surface area (Å²) >= 11 is 6.12. The molecule has 0 unspecified atom stereocenters. The fraction of sp³-hybridized carbons (Fsp3) is 0.182. The van der Waals surface area contributed by atoms with Crippen molar-refractivity contribution in [3.05, 3.63) is 118 Å². The average molecular weight is 537 g/mol. The summed E-state index contributed by atoms with van der Waals surface area (Å²) in [6, 6.07) is 29.7. The number of benzene rings is 4. The summed E-state index contributed by atoms with van der Waals surface area (Å²) in [5, 5.41) is 1.81. The van der Waals surface area contributed by atoms with Crippen molar-refractivity contribution < 1.29 is 14.3 Å². The van der Waals surface area contributed by atoms with E-state index in [4.69, 9.17) is 21.1 Å². The Morgan fingerprint density at radius 3 is 2.36 bits per heavy atom. The number of nitrogens with zero attached hydrogens (tertiary/aromatic N) is 2. The van der Waals surface area contributed by atoms with Gasteiger partial charge in [0.05, 0.1) is 26.0 Å². The van der Waals surface area contributed by atoms with Crippen LogP contribution < -0.4 is 9.47 Å². The van der Waals surface area contributed by atoms with E-state index in [0.717, 1.165) is 62.3 Å². The summed E-state index contributed by atoms with van der Waals surface area (Å²) in [7, 11) is 5.42. The lowest BCUT2D eigenvalue weighted by atomic mass is 9.92. The molecule has 0 saturated carbocycles. The molecule has 1 atom stereocenters. The van der Waals surface area contributed by atoms with Crippen molar-refractivity contribution >= 4 is 28.4 Å². The number of ether oxygens (including phenoxy) is 2. The molecule has 0 radical (unpaired) electrons. The first kappa shape index (κ1) is 25.1. The van der Waals surface area contributed by atoms with E-state index in [9.17, 15) is 4.79 Å². The number of carbonyl (C=O) groups is 1. The minimum Gasteiger partial charge on any atom is -0.497 e. The molecule has 6 heteroatoms. The smallest absolute Gasteiger partial charge is 0.255 e. The van der Waals surface area contributed by atoms with Gasteiger partial charge in [0, 0.05) is 46.2 Å². The van der Waals surface area contributed by atoms with Gasteiger partial charge in [-0.15, -0.1) is 0 Å². The molecule has 0 bridgehead atoms. The summed E-state index contributed by atoms with van der Waals surface area (Å²) in [6.07, 6.45) is 0.718. The minimum atomic E-state index is -0.266. The van der Waals surface area contributed by atoms with E-state index in [2.05, 4.69) is 35.9 Å². The number of aromatic nitrogens is 1. The van der Waals surface area contributed by atoms with Gasteiger partial charge in [-0.25, -0.2) is 0 Å². The minimum absolute atomic E-state index is 0.0426. The Hall–Kier alpha value is -4.22. The molecule has 0 N–H and O–H groups in total. The molecule has 0 spiro atoms. The molecule has 6 rings (SSSR count). The summed E-state index contributed by atoms with van der Waals surface area (Å²) in [5.74, 6) is 1.53. The topological polar surface area (TPSA) is 43.7 Å². The lowest BCUT2D eigenvalue weighted by molar-refractivity contribution is 0.0753. The van der Waals surface area contributed by atoms with Crippen molar-refractivity contribution in [2.24, 2.45) is 7.05 Å². The van der Waals surface area contributed by atoms with Crippen LogP contribution in [0.3, 0.4) is 0 Å². The molecule has 0 fully saturated rings. The number of rotatable bonds is 7. The Kier molecular flexibility index (Phi) is 6.53. The number of hydrogen-bond acceptors (Lipinski definition) is 3. The second kappa shape index (κ2) is 10.2. The van der Waals surface area contributed by atoms with E-state index in [1.165, 1.54) is 0 Å². The van der Waals surface area contributed by atoms with E-state index < -0.39 is 0 Å². The number of halogens is 1. The van der Waals surface area contributed by atoms with Gasteiger partial charge in [-0.2, -0.15) is 0 Å². The van der Waals surface area contributed by atoms with Crippen molar-refractivity contribution in [2.45, 2.75) is 12.5 Å². The fourth-order valence-corrected chi connectivity index (χ4v) is 5.96. The van der Waals surface area contributed by atoms with Gasteiger partial charge in [0.15, 0.2) is 0 Å². The summed E-state index contributed by atoms with van der Waals surface area (Å²) < 4.78 is 13.6. The quantitative estimate of drug-likeness (QED) is 0.219. The molecule has 5 aromatic rings. The molecule has 0 saturated heterocycles. The Morgan fingerprint density at radius 2 is 1.59 bits per heavy atom. The molecule has 1 aromatic heterocycles. The number of methoxy groups -OCH3 is 2. The zero-order valence-corrected chi connectivity index (χ0v) is 22.9. The molecule has 0 aliphatic carbocycles. The maximum atomic E-state index is 13.9. The van der Waals surface area contributed by atoms with Gasteiger partial charge in [-0.3, -0.25) is 4.79 Å². The van der Waals surface area contributed by atoms with Gasteiger partial charge in [0.1, 0.15) is 11.5 Å². The fourth-order valence-electron chi connectivity index (χ4n) is 5.84. The van der Waals surface area contributed by atoms with E-state index in [-0.39, 0.29) is 11.9 Å². The van der Waals surface area contributed by atoms with Crippen LogP contribution >= 0.6 is 11.6 Å². The zero-order chi connectivity index (χ0) is 27.1. The summed E-state index contributed by atoms with van der Waals surface area (Å²) in [4.78, 5) is 15.9. The Morgan fingerprint density at radius 1 is 0.846 bits per heavy atom. The van der Waals surface area contributed by atoms with Gasteiger partial charge in [-0.1, -0.05) is 60.1 Å². The number of aryl methyl sites for hydroxylation is 1. The second-order valence-electron chi connectivity index (χ2n) is 9.77. The largest absolute Gasteiger partial charge is 0.497 e. The molecule has 1 aliphatic heterocycles. The van der Waals surface area contributed by atoms with Crippen LogP contribution in [0.4, 0.5) is 0 Å². The first-order valence-corrected chi connectivity index (χ1v) is 13.3. The molecule has 1 amide bonds. The monoisotopic (exact) mass is 536 g/mol. The highest BCUT2D eigenvalue weighted by Crippen LogP contribution is 2.48. The van der Waals surface area contributed by atoms with Gasteiger partial charge in [-0.05, 0) is 60.0 Å². The molecule has 5 nitrogen and oxygen atoms in total. The number of amides is 1. The van der Waals surface area contributed by atoms with Crippen molar-refractivity contribution in [1.82, 2.24) is 9.47 Å². The van der Waals surface area contributed by atoms with Crippen LogP contribution in [0.5, 0.6) is 11.5 Å². The Bertz CT molecular complexity index is 1690. The standard InChI is InChI=1S/C33H29ClN2O3/c1-35-28-11-7-6-10-26(28)30(31(35)27-20-23(38-2)16-17-29(27)39-3)32-24-8-4-5-9-25(24)33(37)36(32)19-18-21-12-14-22(34)15-13-21/h4-17,20,32H,18-19H2,1-3H3/t32-/m1/s1. The molecule has 1 aliphatic rings. The molecule has 196 valence electrons. The number of para-hydroxylation sites is 1. The predicted molar refractivity (Wildman–Crippen MR) is 156 cm³/mol. The van der Waals surface area contributed by atoms with Crippen LogP contribution in [-0.4, -0.2) is 36.1 Å². The average Bonchev–Trinajstić information content (AvgIpc) is 3.42. The normalized spacial score (nSPS) is 14.6. The van der Waals surface area contributed by atoms with Crippen LogP contribution in [0.25, 0.3) is 22.2 Å². The lowest BCUT2D eigenvalue weighted by Crippen LogP contribution is -2.31. The number of hydrogen-bond donors (Lipinski definition) is 0. The highest BCUT2D eigenvalue weighted by molar-refractivity contribution is 6.30. The molecular weight excluding hydrogens is 508 g/mol. The Labute approximate surface area is 233 Å². The first-order valence-electron chi connectivity index (χ1n) is 13.0. The second-order valence-corrected chi connectivity index (χ2v) is 10.2. The summed E-state index contributed by atoms with van der Waals surface area (Å²) in [5.41, 5.74) is 6.97. The number of carbonyl (C=O) groups excluding carboxylic acids is 1. The van der Waals surface area contributed by atoms with Crippen molar-refractivity contribution in [1.29, 1.82) is 0 Å². The van der Waals surface area contributed by atoms with E-state index in [0.29, 0.717) is 11.6 Å². The van der Waals surface area contributed by atoms with Gasteiger partial charge in [0.25, 0.3) is 5.91 Å². The van der Waals surface area contributed by atoms with Crippen molar-refractivity contribution in [2.75, 3.05) is 20.8 Å². The SMILES string of the molecule is COc1ccc(OC)c(-c2c([C@H]3c4ccccc4C(=O)N3CCc3ccc(Cl)cc3)c3ccccc3n2C)c1. The van der Waals surface area contributed by atoms with E-state index in [1.54, 1.807) is 14.2 Å². The zero-order valence-electron chi connectivity index (χ0n) is 22.1. The third kappa shape index (κ3) is 4.23. The third-order valence-corrected chi connectivity index (χ3v) is 7.95. The van der Waals surface area contributed by atoms with Crippen LogP contribution in [0.2, 0.25) is 5.02 Å². The van der Waals surface area contributed by atoms with Crippen LogP contribution in [-0.2, 0) is 13.5 Å². The maximum Gasteiger partial charge on any atom is 0.255 e. The lowest BCUT2D eigenvalue weighted by Gasteiger charge is -2.27. The van der Waals surface area contributed by atoms with Gasteiger partial charge < -0.3 is 18.9 Å². The maximum absolute atomic E-state index is 13.9. The highest BCUT2D eigenvalue weighted by atomic mass is 35.5. The molecular formula is C33H29ClN2O3. The van der Waals surface area contributed by atoms with Crippen LogP contribution in [0, 0.1) is 0 Å². The molecule has 2 heterocycles. The Balaban J connectivity index is 1.58. The van der Waals surface area contributed by atoms with Crippen LogP contribution in [0.15, 0.2) is 91.0 Å². The van der Waals surface area contributed by atoms with E-state index in [1.807, 2.05) is 71.6 Å². The third-order valence-electron chi connectivity index (χ3n) is 7.69. The molecule has 4 aromatic carbocycles. The predicted octanol–water partition coefficient (Wildman–Crippen LogP) is 7.30. The van der Waals surface area contributed by atoms with Crippen LogP contribution in [0.1, 0.15) is 33.1 Å². The van der Waals surface area contributed by atoms with E-state index >= 15 is 0 Å². The highest BCUT2D eigenvalue weighted by Gasteiger charge is 2.40. The van der Waals surface area contributed by atoms with Crippen molar-refractivity contribution in [3.63, 3.8) is 0 Å². The summed E-state index contributed by atoms with van der Waals surface area (Å²) in [6.45, 7) is 0.567. The first-order chi connectivity index (χ1) is 19.0. The van der Waals surface area contributed by atoms with Gasteiger partial charge >= 0.3 is 0 Å². The van der Waals surface area contributed by atoms with Crippen molar-refractivity contribution in [3.8, 4) is 22.8 Å². The number of fused-ring (bicyclic) bond motifs is 2. The molecule has 39 heavy (non-hydrogen) atoms.